The maximum atomic E-state index is 13.3. The van der Waals surface area contributed by atoms with Crippen molar-refractivity contribution < 1.29 is 19.0 Å². The number of carbonyl (C=O) groups is 1. The van der Waals surface area contributed by atoms with E-state index in [9.17, 15) is 14.3 Å². The molecule has 0 aliphatic carbocycles. The molecule has 1 N–H and O–H groups in total. The minimum Gasteiger partial charge on any atom is -0.490 e. The van der Waals surface area contributed by atoms with E-state index in [1.807, 2.05) is 0 Å². The van der Waals surface area contributed by atoms with Crippen LogP contribution in [0, 0.1) is 5.82 Å². The van der Waals surface area contributed by atoms with Crippen LogP contribution >= 0.6 is 0 Å². The van der Waals surface area contributed by atoms with Gasteiger partial charge in [-0.3, -0.25) is 4.79 Å². The summed E-state index contributed by atoms with van der Waals surface area (Å²) in [6.45, 7) is 3.53. The number of aldehydes is 1. The smallest absolute Gasteiger partial charge is 0.165 e. The molecular weight excluding hydrogens is 211 g/mol. The molecule has 0 saturated heterocycles. The van der Waals surface area contributed by atoms with E-state index < -0.39 is 11.4 Å². The lowest BCUT2D eigenvalue weighted by atomic mass is 10.1. The van der Waals surface area contributed by atoms with Crippen LogP contribution in [0.15, 0.2) is 18.2 Å². The molecular formula is C12H15FO3. The quantitative estimate of drug-likeness (QED) is 0.783. The second-order valence-corrected chi connectivity index (χ2v) is 4.22. The van der Waals surface area contributed by atoms with Gasteiger partial charge in [0.15, 0.2) is 11.6 Å². The maximum Gasteiger partial charge on any atom is 0.165 e. The van der Waals surface area contributed by atoms with E-state index in [2.05, 4.69) is 0 Å². The molecule has 0 bridgehead atoms. The Balaban J connectivity index is 2.58. The Morgan fingerprint density at radius 2 is 2.19 bits per heavy atom. The van der Waals surface area contributed by atoms with Crippen LogP contribution in [0.25, 0.3) is 0 Å². The number of hydrogen-bond donors (Lipinski definition) is 1. The van der Waals surface area contributed by atoms with Gasteiger partial charge in [0, 0.05) is 12.0 Å². The van der Waals surface area contributed by atoms with Crippen LogP contribution in [0.3, 0.4) is 0 Å². The molecule has 0 spiro atoms. The summed E-state index contributed by atoms with van der Waals surface area (Å²) >= 11 is 0. The fraction of sp³-hybridized carbons (Fsp3) is 0.417. The maximum absolute atomic E-state index is 13.3. The largest absolute Gasteiger partial charge is 0.490 e. The normalized spacial score (nSPS) is 11.2. The summed E-state index contributed by atoms with van der Waals surface area (Å²) in [5, 5.41) is 9.43. The average molecular weight is 226 g/mol. The van der Waals surface area contributed by atoms with Gasteiger partial charge < -0.3 is 9.84 Å². The van der Waals surface area contributed by atoms with Crippen LogP contribution in [-0.4, -0.2) is 23.6 Å². The molecule has 3 nitrogen and oxygen atoms in total. The molecule has 0 radical (unpaired) electrons. The fourth-order valence-electron chi connectivity index (χ4n) is 1.12. The lowest BCUT2D eigenvalue weighted by molar-refractivity contribution is 0.0547. The highest BCUT2D eigenvalue weighted by Gasteiger charge is 2.13. The van der Waals surface area contributed by atoms with Crippen LogP contribution < -0.4 is 4.74 Å². The Morgan fingerprint density at radius 1 is 1.50 bits per heavy atom. The van der Waals surface area contributed by atoms with Crippen molar-refractivity contribution in [3.63, 3.8) is 0 Å². The van der Waals surface area contributed by atoms with Crippen molar-refractivity contribution in [1.82, 2.24) is 0 Å². The molecule has 4 heteroatoms. The van der Waals surface area contributed by atoms with Gasteiger partial charge in [-0.2, -0.15) is 0 Å². The van der Waals surface area contributed by atoms with Gasteiger partial charge in [0.05, 0.1) is 12.2 Å². The first-order valence-corrected chi connectivity index (χ1v) is 5.02. The number of carbonyl (C=O) groups excluding carboxylic acids is 1. The summed E-state index contributed by atoms with van der Waals surface area (Å²) in [5.41, 5.74) is -0.563. The van der Waals surface area contributed by atoms with Crippen molar-refractivity contribution in [3.8, 4) is 5.75 Å². The van der Waals surface area contributed by atoms with E-state index in [0.29, 0.717) is 12.7 Å². The van der Waals surface area contributed by atoms with Crippen molar-refractivity contribution in [2.75, 3.05) is 6.61 Å². The molecule has 0 saturated carbocycles. The molecule has 0 fully saturated rings. The molecule has 1 aromatic rings. The van der Waals surface area contributed by atoms with Gasteiger partial charge >= 0.3 is 0 Å². The zero-order valence-corrected chi connectivity index (χ0v) is 9.37. The van der Waals surface area contributed by atoms with Gasteiger partial charge in [0.2, 0.25) is 0 Å². The highest BCUT2D eigenvalue weighted by molar-refractivity contribution is 5.74. The van der Waals surface area contributed by atoms with Crippen LogP contribution in [0.4, 0.5) is 4.39 Å². The topological polar surface area (TPSA) is 46.5 Å². The van der Waals surface area contributed by atoms with E-state index in [0.717, 1.165) is 6.07 Å². The fourth-order valence-corrected chi connectivity index (χ4v) is 1.12. The number of ether oxygens (including phenoxy) is 1. The third-order valence-electron chi connectivity index (χ3n) is 2.06. The standard InChI is InChI=1S/C12H15FO3/c1-12(2,15)5-6-16-11-4-3-9(8-14)7-10(11)13/h3-4,7-8,15H,5-6H2,1-2H3. The monoisotopic (exact) mass is 226 g/mol. The summed E-state index contributed by atoms with van der Waals surface area (Å²) in [4.78, 5) is 10.4. The number of rotatable bonds is 5. The Kier molecular flexibility index (Phi) is 4.01. The Hall–Kier alpha value is -1.42. The molecule has 88 valence electrons. The zero-order valence-electron chi connectivity index (χ0n) is 9.37. The first kappa shape index (κ1) is 12.6. The van der Waals surface area contributed by atoms with Gasteiger partial charge in [-0.15, -0.1) is 0 Å². The third-order valence-corrected chi connectivity index (χ3v) is 2.06. The first-order chi connectivity index (χ1) is 7.42. The van der Waals surface area contributed by atoms with Crippen molar-refractivity contribution in [2.45, 2.75) is 25.9 Å². The predicted octanol–water partition coefficient (Wildman–Crippen LogP) is 2.18. The Labute approximate surface area is 93.9 Å². The van der Waals surface area contributed by atoms with Crippen molar-refractivity contribution >= 4 is 6.29 Å². The molecule has 0 heterocycles. The summed E-state index contributed by atoms with van der Waals surface area (Å²) < 4.78 is 18.5. The molecule has 16 heavy (non-hydrogen) atoms. The van der Waals surface area contributed by atoms with Crippen molar-refractivity contribution in [2.24, 2.45) is 0 Å². The van der Waals surface area contributed by atoms with E-state index in [-0.39, 0.29) is 17.9 Å². The van der Waals surface area contributed by atoms with E-state index in [1.165, 1.54) is 12.1 Å². The molecule has 0 aliphatic rings. The summed E-state index contributed by atoms with van der Waals surface area (Å²) in [6, 6.07) is 4.01. The minimum absolute atomic E-state index is 0.0925. The van der Waals surface area contributed by atoms with Crippen molar-refractivity contribution in [1.29, 1.82) is 0 Å². The predicted molar refractivity (Wildman–Crippen MR) is 58.2 cm³/mol. The van der Waals surface area contributed by atoms with Gasteiger partial charge in [-0.25, -0.2) is 4.39 Å². The minimum atomic E-state index is -0.834. The number of halogens is 1. The molecule has 0 unspecified atom stereocenters. The lowest BCUT2D eigenvalue weighted by Gasteiger charge is -2.17. The second kappa shape index (κ2) is 5.07. The third kappa shape index (κ3) is 3.98. The summed E-state index contributed by atoms with van der Waals surface area (Å²) in [5.74, 6) is -0.477. The van der Waals surface area contributed by atoms with Gasteiger partial charge in [-0.05, 0) is 32.0 Å². The summed E-state index contributed by atoms with van der Waals surface area (Å²) in [7, 11) is 0. The highest BCUT2D eigenvalue weighted by atomic mass is 19.1. The van der Waals surface area contributed by atoms with Crippen LogP contribution in [0.1, 0.15) is 30.6 Å². The van der Waals surface area contributed by atoms with Crippen LogP contribution in [0.5, 0.6) is 5.75 Å². The molecule has 1 aromatic carbocycles. The van der Waals surface area contributed by atoms with Gasteiger partial charge in [-0.1, -0.05) is 0 Å². The first-order valence-electron chi connectivity index (χ1n) is 5.02. The summed E-state index contributed by atoms with van der Waals surface area (Å²) in [6.07, 6.45) is 0.978. The van der Waals surface area contributed by atoms with Crippen LogP contribution in [-0.2, 0) is 0 Å². The molecule has 0 amide bonds. The van der Waals surface area contributed by atoms with E-state index in [1.54, 1.807) is 13.8 Å². The number of benzene rings is 1. The molecule has 0 aromatic heterocycles. The van der Waals surface area contributed by atoms with Crippen LogP contribution in [0.2, 0.25) is 0 Å². The highest BCUT2D eigenvalue weighted by Crippen LogP contribution is 2.18. The Bertz CT molecular complexity index is 369. The molecule has 0 atom stereocenters. The second-order valence-electron chi connectivity index (χ2n) is 4.22. The zero-order chi connectivity index (χ0) is 12.2. The number of hydrogen-bond acceptors (Lipinski definition) is 3. The Morgan fingerprint density at radius 3 is 2.69 bits per heavy atom. The lowest BCUT2D eigenvalue weighted by Crippen LogP contribution is -2.21. The van der Waals surface area contributed by atoms with Gasteiger partial charge in [0.1, 0.15) is 6.29 Å². The molecule has 0 aliphatic heterocycles. The SMILES string of the molecule is CC(C)(O)CCOc1ccc(C=O)cc1F. The molecule has 1 rings (SSSR count). The number of aliphatic hydroxyl groups is 1. The average Bonchev–Trinajstić information content (AvgIpc) is 2.18. The van der Waals surface area contributed by atoms with Gasteiger partial charge in [0.25, 0.3) is 0 Å². The van der Waals surface area contributed by atoms with Crippen molar-refractivity contribution in [3.05, 3.63) is 29.6 Å². The van der Waals surface area contributed by atoms with E-state index in [4.69, 9.17) is 4.74 Å². The van der Waals surface area contributed by atoms with E-state index >= 15 is 0 Å².